The van der Waals surface area contributed by atoms with Crippen LogP contribution in [0, 0.1) is 10.1 Å². The van der Waals surface area contributed by atoms with Gasteiger partial charge in [-0.1, -0.05) is 12.1 Å². The highest BCUT2D eigenvalue weighted by Gasteiger charge is 2.16. The fraction of sp³-hybridized carbons (Fsp3) is 0.118. The largest absolute Gasteiger partial charge is 0.454 e. The van der Waals surface area contributed by atoms with Gasteiger partial charge < -0.3 is 4.74 Å². The second-order valence-corrected chi connectivity index (χ2v) is 5.16. The topological polar surface area (TPSA) is 95.2 Å². The first-order valence-electron chi connectivity index (χ1n) is 7.21. The quantitative estimate of drug-likeness (QED) is 0.414. The molecule has 7 heteroatoms. The molecule has 3 rings (SSSR count). The fourth-order valence-corrected chi connectivity index (χ4v) is 2.28. The number of esters is 1. The summed E-state index contributed by atoms with van der Waals surface area (Å²) in [6.07, 6.45) is 2.50. The maximum atomic E-state index is 12.3. The van der Waals surface area contributed by atoms with Crippen molar-refractivity contribution in [3.05, 3.63) is 76.1 Å². The smallest absolute Gasteiger partial charge is 0.338 e. The third kappa shape index (κ3) is 3.19. The number of carbonyl (C=O) groups is 1. The summed E-state index contributed by atoms with van der Waals surface area (Å²) in [4.78, 5) is 30.9. The molecule has 24 heavy (non-hydrogen) atoms. The Kier molecular flexibility index (Phi) is 4.15. The van der Waals surface area contributed by atoms with Crippen LogP contribution in [-0.2, 0) is 4.74 Å². The van der Waals surface area contributed by atoms with Gasteiger partial charge in [0.05, 0.1) is 21.5 Å². The van der Waals surface area contributed by atoms with E-state index in [1.165, 1.54) is 12.1 Å². The van der Waals surface area contributed by atoms with E-state index < -0.39 is 17.0 Å². The zero-order valence-electron chi connectivity index (χ0n) is 12.7. The molecular formula is C17H13N3O4. The summed E-state index contributed by atoms with van der Waals surface area (Å²) in [5.41, 5.74) is 2.13. The monoisotopic (exact) mass is 323 g/mol. The number of fused-ring (bicyclic) bond motifs is 1. The molecule has 0 unspecified atom stereocenters. The third-order valence-electron chi connectivity index (χ3n) is 3.54. The van der Waals surface area contributed by atoms with Crippen LogP contribution in [0.4, 0.5) is 5.69 Å². The molecular weight excluding hydrogens is 310 g/mol. The van der Waals surface area contributed by atoms with Crippen molar-refractivity contribution in [2.75, 3.05) is 0 Å². The van der Waals surface area contributed by atoms with Crippen LogP contribution in [-0.4, -0.2) is 20.9 Å². The van der Waals surface area contributed by atoms with Crippen molar-refractivity contribution in [2.45, 2.75) is 13.0 Å². The molecule has 0 bridgehead atoms. The Morgan fingerprint density at radius 3 is 2.62 bits per heavy atom. The van der Waals surface area contributed by atoms with E-state index in [4.69, 9.17) is 4.74 Å². The Morgan fingerprint density at radius 1 is 1.12 bits per heavy atom. The van der Waals surface area contributed by atoms with E-state index in [2.05, 4.69) is 9.97 Å². The van der Waals surface area contributed by atoms with Gasteiger partial charge in [0, 0.05) is 24.5 Å². The lowest BCUT2D eigenvalue weighted by Gasteiger charge is -2.13. The van der Waals surface area contributed by atoms with Crippen molar-refractivity contribution in [1.82, 2.24) is 9.97 Å². The summed E-state index contributed by atoms with van der Waals surface area (Å²) in [6.45, 7) is 1.66. The molecule has 7 nitrogen and oxygen atoms in total. The Bertz CT molecular complexity index is 926. The average molecular weight is 323 g/mol. The van der Waals surface area contributed by atoms with Gasteiger partial charge >= 0.3 is 5.97 Å². The minimum Gasteiger partial charge on any atom is -0.454 e. The molecule has 0 N–H and O–H groups in total. The average Bonchev–Trinajstić information content (AvgIpc) is 2.61. The van der Waals surface area contributed by atoms with E-state index in [0.717, 1.165) is 0 Å². The van der Waals surface area contributed by atoms with E-state index in [1.54, 1.807) is 49.6 Å². The second-order valence-electron chi connectivity index (χ2n) is 5.16. The molecule has 0 saturated carbocycles. The first-order valence-corrected chi connectivity index (χ1v) is 7.21. The fourth-order valence-electron chi connectivity index (χ4n) is 2.28. The molecule has 0 saturated heterocycles. The first kappa shape index (κ1) is 15.5. The first-order chi connectivity index (χ1) is 11.5. The summed E-state index contributed by atoms with van der Waals surface area (Å²) < 4.78 is 5.40. The van der Waals surface area contributed by atoms with Crippen LogP contribution >= 0.6 is 0 Å². The van der Waals surface area contributed by atoms with Gasteiger partial charge in [-0.05, 0) is 30.7 Å². The highest BCUT2D eigenvalue weighted by atomic mass is 16.6. The highest BCUT2D eigenvalue weighted by molar-refractivity contribution is 5.93. The van der Waals surface area contributed by atoms with Crippen molar-refractivity contribution in [3.63, 3.8) is 0 Å². The van der Waals surface area contributed by atoms with Crippen LogP contribution in [0.3, 0.4) is 0 Å². The van der Waals surface area contributed by atoms with Gasteiger partial charge in [-0.2, -0.15) is 0 Å². The lowest BCUT2D eigenvalue weighted by molar-refractivity contribution is -0.385. The number of nitro groups is 1. The number of ether oxygens (including phenoxy) is 1. The lowest BCUT2D eigenvalue weighted by Crippen LogP contribution is -2.09. The van der Waals surface area contributed by atoms with Crippen molar-refractivity contribution < 1.29 is 14.5 Å². The zero-order chi connectivity index (χ0) is 17.1. The molecule has 0 aliphatic rings. The van der Waals surface area contributed by atoms with E-state index in [9.17, 15) is 14.9 Å². The van der Waals surface area contributed by atoms with E-state index in [-0.39, 0.29) is 5.69 Å². The number of nitro benzene ring substituents is 1. The minimum atomic E-state index is -0.616. The molecule has 0 spiro atoms. The van der Waals surface area contributed by atoms with E-state index in [0.29, 0.717) is 22.2 Å². The van der Waals surface area contributed by atoms with Crippen molar-refractivity contribution >= 4 is 22.7 Å². The third-order valence-corrected chi connectivity index (χ3v) is 3.54. The summed E-state index contributed by atoms with van der Waals surface area (Å²) in [7, 11) is 0. The summed E-state index contributed by atoms with van der Waals surface area (Å²) in [5.74, 6) is -0.526. The van der Waals surface area contributed by atoms with Gasteiger partial charge in [-0.15, -0.1) is 0 Å². The van der Waals surface area contributed by atoms with Gasteiger partial charge in [0.25, 0.3) is 5.69 Å². The van der Waals surface area contributed by atoms with Crippen LogP contribution in [0.15, 0.2) is 54.9 Å². The Morgan fingerprint density at radius 2 is 1.88 bits per heavy atom. The summed E-state index contributed by atoms with van der Waals surface area (Å²) >= 11 is 0. The number of hydrogen-bond donors (Lipinski definition) is 0. The van der Waals surface area contributed by atoms with Crippen molar-refractivity contribution in [1.29, 1.82) is 0 Å². The van der Waals surface area contributed by atoms with Crippen molar-refractivity contribution in [2.24, 2.45) is 0 Å². The molecule has 0 fully saturated rings. The number of hydrogen-bond acceptors (Lipinski definition) is 6. The predicted octanol–water partition coefficient (Wildman–Crippen LogP) is 3.46. The van der Waals surface area contributed by atoms with Crippen molar-refractivity contribution in [3.8, 4) is 0 Å². The standard InChI is InChI=1S/C17H13N3O4/c1-11(12-3-2-4-14(9-12)20(22)23)24-17(21)13-5-6-15-16(10-13)19-8-7-18-15/h2-11H,1H3/t11-/m0/s1. The minimum absolute atomic E-state index is 0.0450. The van der Waals surface area contributed by atoms with E-state index in [1.807, 2.05) is 0 Å². The van der Waals surface area contributed by atoms with Gasteiger partial charge in [-0.3, -0.25) is 20.1 Å². The SMILES string of the molecule is C[C@H](OC(=O)c1ccc2nccnc2c1)c1cccc([N+](=O)[O-])c1. The lowest BCUT2D eigenvalue weighted by atomic mass is 10.1. The Labute approximate surface area is 137 Å². The molecule has 0 aliphatic heterocycles. The number of nitrogens with zero attached hydrogens (tertiary/aromatic N) is 3. The van der Waals surface area contributed by atoms with Crippen LogP contribution < -0.4 is 0 Å². The van der Waals surface area contributed by atoms with Crippen LogP contribution in [0.1, 0.15) is 28.9 Å². The van der Waals surface area contributed by atoms with Crippen LogP contribution in [0.2, 0.25) is 0 Å². The van der Waals surface area contributed by atoms with Gasteiger partial charge in [-0.25, -0.2) is 4.79 Å². The van der Waals surface area contributed by atoms with Crippen LogP contribution in [0.5, 0.6) is 0 Å². The molecule has 0 radical (unpaired) electrons. The predicted molar refractivity (Wildman–Crippen MR) is 86.5 cm³/mol. The molecule has 1 aromatic heterocycles. The van der Waals surface area contributed by atoms with Gasteiger partial charge in [0.1, 0.15) is 6.10 Å². The summed E-state index contributed by atoms with van der Waals surface area (Å²) in [5, 5.41) is 10.8. The second kappa shape index (κ2) is 6.41. The molecule has 3 aromatic rings. The molecule has 2 aromatic carbocycles. The molecule has 0 aliphatic carbocycles. The normalized spacial score (nSPS) is 11.9. The van der Waals surface area contributed by atoms with E-state index >= 15 is 0 Å². The molecule has 0 amide bonds. The molecule has 1 atom stereocenters. The van der Waals surface area contributed by atoms with Crippen LogP contribution in [0.25, 0.3) is 11.0 Å². The number of non-ortho nitro benzene ring substituents is 1. The maximum Gasteiger partial charge on any atom is 0.338 e. The number of rotatable bonds is 4. The maximum absolute atomic E-state index is 12.3. The van der Waals surface area contributed by atoms with Gasteiger partial charge in [0.15, 0.2) is 0 Å². The number of carbonyl (C=O) groups excluding carboxylic acids is 1. The highest BCUT2D eigenvalue weighted by Crippen LogP contribution is 2.23. The summed E-state index contributed by atoms with van der Waals surface area (Å²) in [6, 6.07) is 10.9. The van der Waals surface area contributed by atoms with Gasteiger partial charge in [0.2, 0.25) is 0 Å². The Balaban J connectivity index is 1.80. The number of aromatic nitrogens is 2. The molecule has 120 valence electrons. The molecule has 1 heterocycles. The Hall–Kier alpha value is -3.35. The number of benzene rings is 2. The zero-order valence-corrected chi connectivity index (χ0v) is 12.7.